The van der Waals surface area contributed by atoms with E-state index < -0.39 is 5.41 Å². The number of hydrogen-bond acceptors (Lipinski definition) is 13. The summed E-state index contributed by atoms with van der Waals surface area (Å²) in [6.45, 7) is 1.10. The molecule has 12 N–H and O–H groups in total. The topological polar surface area (TPSA) is 272 Å². The van der Waals surface area contributed by atoms with Gasteiger partial charge < -0.3 is 56.6 Å². The maximum absolute atomic E-state index is 8.65. The molecule has 0 aromatic heterocycles. The zero-order valence-electron chi connectivity index (χ0n) is 18.5. The van der Waals surface area contributed by atoms with Crippen LogP contribution < -0.4 is 23.1 Å². The summed E-state index contributed by atoms with van der Waals surface area (Å²) in [5, 5.41) is 42.1. The van der Waals surface area contributed by atoms with Crippen molar-refractivity contribution in [3.8, 4) is 0 Å². The van der Waals surface area contributed by atoms with E-state index in [4.69, 9.17) is 63.1 Å². The highest BCUT2D eigenvalue weighted by molar-refractivity contribution is 5.80. The Kier molecular flexibility index (Phi) is 17.0. The van der Waals surface area contributed by atoms with Gasteiger partial charge in [-0.2, -0.15) is 5.90 Å². The third kappa shape index (κ3) is 15.5. The van der Waals surface area contributed by atoms with E-state index >= 15 is 0 Å². The van der Waals surface area contributed by atoms with Crippen molar-refractivity contribution in [1.82, 2.24) is 0 Å². The Morgan fingerprint density at radius 1 is 0.636 bits per heavy atom. The molecule has 33 heavy (non-hydrogen) atoms. The molecule has 0 fully saturated rings. The highest BCUT2D eigenvalue weighted by atomic mass is 16.6. The molecular weight excluding hydrogens is 444 g/mol. The second kappa shape index (κ2) is 18.6. The van der Waals surface area contributed by atoms with Gasteiger partial charge in [0.25, 0.3) is 0 Å². The van der Waals surface area contributed by atoms with Gasteiger partial charge in [-0.3, -0.25) is 5.41 Å². The third-order valence-electron chi connectivity index (χ3n) is 4.14. The van der Waals surface area contributed by atoms with E-state index in [0.29, 0.717) is 0 Å². The van der Waals surface area contributed by atoms with E-state index in [1.54, 1.807) is 0 Å². The number of oxime groups is 3. The minimum atomic E-state index is -0.812. The van der Waals surface area contributed by atoms with Crippen LogP contribution in [0.4, 0.5) is 0 Å². The highest BCUT2D eigenvalue weighted by Crippen LogP contribution is 2.21. The first-order valence-electron chi connectivity index (χ1n) is 9.96. The summed E-state index contributed by atoms with van der Waals surface area (Å²) in [7, 11) is 0. The lowest BCUT2D eigenvalue weighted by Gasteiger charge is -2.33. The largest absolute Gasteiger partial charge is 0.409 e. The molecule has 0 radical (unpaired) electrons. The van der Waals surface area contributed by atoms with Crippen LogP contribution in [0.3, 0.4) is 0 Å². The van der Waals surface area contributed by atoms with E-state index in [0.717, 1.165) is 0 Å². The fourth-order valence-electron chi connectivity index (χ4n) is 2.31. The number of rotatable bonds is 20. The lowest BCUT2D eigenvalue weighted by atomic mass is 9.92. The molecule has 0 aliphatic rings. The Morgan fingerprint density at radius 3 is 1.21 bits per heavy atom. The van der Waals surface area contributed by atoms with Crippen LogP contribution in [0.5, 0.6) is 0 Å². The lowest BCUT2D eigenvalue weighted by molar-refractivity contribution is -0.104. The number of ether oxygens (including phenoxy) is 4. The summed E-state index contributed by atoms with van der Waals surface area (Å²) < 4.78 is 22.8. The highest BCUT2D eigenvalue weighted by Gasteiger charge is 2.32. The Bertz CT molecular complexity index is 568. The molecule has 0 unspecified atom stereocenters. The fraction of sp³-hybridized carbons (Fsp3) is 0.765. The average Bonchev–Trinajstić information content (AvgIpc) is 2.83. The molecule has 16 heteroatoms. The molecule has 0 amide bonds. The first kappa shape index (κ1) is 30.1. The van der Waals surface area contributed by atoms with Crippen molar-refractivity contribution in [2.45, 2.75) is 25.7 Å². The monoisotopic (exact) mass is 480 g/mol. The molecule has 0 aromatic carbocycles. The number of hydrogen-bond donors (Lipinski definition) is 8. The first-order chi connectivity index (χ1) is 15.8. The second-order valence-corrected chi connectivity index (χ2v) is 7.03. The number of nitrogens with two attached hydrogens (primary N) is 4. The van der Waals surface area contributed by atoms with Crippen molar-refractivity contribution in [1.29, 1.82) is 5.41 Å². The minimum Gasteiger partial charge on any atom is -0.409 e. The molecule has 192 valence electrons. The molecule has 0 rings (SSSR count). The molecule has 0 aliphatic carbocycles. The van der Waals surface area contributed by atoms with Crippen LogP contribution >= 0.6 is 0 Å². The molecule has 0 aliphatic heterocycles. The molecule has 0 saturated heterocycles. The van der Waals surface area contributed by atoms with Crippen molar-refractivity contribution in [3.05, 3.63) is 0 Å². The average molecular weight is 481 g/mol. The SMILES string of the molecule is N=C(CCOCC(COCCC(N)=NO)(COCCC(N)=NO)COCCC(N)=NO)ON. The molecule has 16 nitrogen and oxygen atoms in total. The molecule has 0 spiro atoms. The van der Waals surface area contributed by atoms with E-state index in [1.165, 1.54) is 0 Å². The number of amidine groups is 3. The smallest absolute Gasteiger partial charge is 0.208 e. The maximum Gasteiger partial charge on any atom is 0.208 e. The van der Waals surface area contributed by atoms with Gasteiger partial charge in [0.2, 0.25) is 5.90 Å². The zero-order valence-corrected chi connectivity index (χ0v) is 18.5. The van der Waals surface area contributed by atoms with Gasteiger partial charge >= 0.3 is 0 Å². The van der Waals surface area contributed by atoms with Gasteiger partial charge in [0.05, 0.1) is 58.3 Å². The van der Waals surface area contributed by atoms with E-state index in [-0.39, 0.29) is 102 Å². The first-order valence-corrected chi connectivity index (χ1v) is 9.96. The summed E-state index contributed by atoms with van der Waals surface area (Å²) >= 11 is 0. The summed E-state index contributed by atoms with van der Waals surface area (Å²) in [5.74, 6) is 4.85. The maximum atomic E-state index is 8.65. The molecule has 0 atom stereocenters. The van der Waals surface area contributed by atoms with Crippen LogP contribution in [0.2, 0.25) is 0 Å². The van der Waals surface area contributed by atoms with Crippen molar-refractivity contribution >= 4 is 23.4 Å². The van der Waals surface area contributed by atoms with Crippen molar-refractivity contribution < 1.29 is 39.4 Å². The van der Waals surface area contributed by atoms with Gasteiger partial charge in [-0.1, -0.05) is 15.5 Å². The predicted molar refractivity (Wildman–Crippen MR) is 117 cm³/mol. The minimum absolute atomic E-state index is 0.0159. The Balaban J connectivity index is 5.14. The standard InChI is InChI=1S/C17H36N8O8/c18-13(23-26)1-5-29-9-17(10-30-6-2-14(19)24-27,11-31-7-3-15(20)25-28)12-32-8-4-16(21)33-22/h21,26-28H,1-12,22H2,(H2,18,23)(H2,19,24)(H2,20,25). The fourth-order valence-corrected chi connectivity index (χ4v) is 2.31. The Hall–Kier alpha value is -2.92. The van der Waals surface area contributed by atoms with Crippen LogP contribution in [-0.4, -0.2) is 91.9 Å². The summed E-state index contributed by atoms with van der Waals surface area (Å²) in [5.41, 5.74) is 15.6. The number of nitrogens with one attached hydrogen (secondary N) is 1. The van der Waals surface area contributed by atoms with Gasteiger partial charge in [0, 0.05) is 25.7 Å². The van der Waals surface area contributed by atoms with Gasteiger partial charge in [-0.15, -0.1) is 0 Å². The van der Waals surface area contributed by atoms with Crippen LogP contribution in [0.1, 0.15) is 25.7 Å². The normalized spacial score (nSPS) is 14.8. The Labute approximate surface area is 191 Å². The Morgan fingerprint density at radius 2 is 0.939 bits per heavy atom. The van der Waals surface area contributed by atoms with Gasteiger partial charge in [0.15, 0.2) is 0 Å². The van der Waals surface area contributed by atoms with Gasteiger partial charge in [0.1, 0.15) is 17.5 Å². The molecule has 0 aromatic rings. The van der Waals surface area contributed by atoms with Crippen LogP contribution in [0.25, 0.3) is 0 Å². The number of nitrogens with zero attached hydrogens (tertiary/aromatic N) is 3. The van der Waals surface area contributed by atoms with Crippen LogP contribution in [-0.2, 0) is 23.8 Å². The third-order valence-corrected chi connectivity index (χ3v) is 4.14. The van der Waals surface area contributed by atoms with Gasteiger partial charge in [-0.25, -0.2) is 0 Å². The quantitative estimate of drug-likeness (QED) is 0.0332. The van der Waals surface area contributed by atoms with Crippen LogP contribution in [0, 0.1) is 10.8 Å². The summed E-state index contributed by atoms with van der Waals surface area (Å²) in [4.78, 5) is 4.32. The summed E-state index contributed by atoms with van der Waals surface area (Å²) in [6.07, 6.45) is 0.763. The van der Waals surface area contributed by atoms with Crippen molar-refractivity contribution in [2.24, 2.45) is 44.0 Å². The van der Waals surface area contributed by atoms with Gasteiger partial charge in [-0.05, 0) is 0 Å². The van der Waals surface area contributed by atoms with E-state index in [1.807, 2.05) is 0 Å². The van der Waals surface area contributed by atoms with Crippen molar-refractivity contribution in [2.75, 3.05) is 52.9 Å². The molecular formula is C17H36N8O8. The summed E-state index contributed by atoms with van der Waals surface area (Å²) in [6, 6.07) is 0. The van der Waals surface area contributed by atoms with Crippen molar-refractivity contribution in [3.63, 3.8) is 0 Å². The molecule has 0 saturated carbocycles. The lowest BCUT2D eigenvalue weighted by Crippen LogP contribution is -2.42. The van der Waals surface area contributed by atoms with E-state index in [2.05, 4.69) is 20.3 Å². The van der Waals surface area contributed by atoms with E-state index in [9.17, 15) is 0 Å². The molecule has 0 bridgehead atoms. The predicted octanol–water partition coefficient (Wildman–Crippen LogP) is -1.29. The molecule has 0 heterocycles. The zero-order chi connectivity index (χ0) is 25.0. The van der Waals surface area contributed by atoms with Crippen LogP contribution in [0.15, 0.2) is 15.5 Å². The second-order valence-electron chi connectivity index (χ2n) is 7.03.